The molecule has 2 aromatic heterocycles. The van der Waals surface area contributed by atoms with E-state index in [1.54, 1.807) is 6.20 Å². The molecule has 0 spiro atoms. The Kier molecular flexibility index (Phi) is 3.67. The fourth-order valence-electron chi connectivity index (χ4n) is 3.28. The van der Waals surface area contributed by atoms with E-state index in [-0.39, 0.29) is 5.56 Å². The molecule has 3 heterocycles. The van der Waals surface area contributed by atoms with Gasteiger partial charge in [0.2, 0.25) is 0 Å². The lowest BCUT2D eigenvalue weighted by Gasteiger charge is -2.20. The van der Waals surface area contributed by atoms with Gasteiger partial charge in [0.25, 0.3) is 5.56 Å². The van der Waals surface area contributed by atoms with Gasteiger partial charge in [-0.2, -0.15) is 0 Å². The number of nitrogens with zero attached hydrogens (tertiary/aromatic N) is 2. The number of aromatic nitrogens is 2. The van der Waals surface area contributed by atoms with E-state index in [9.17, 15) is 4.79 Å². The van der Waals surface area contributed by atoms with Crippen molar-refractivity contribution in [2.75, 3.05) is 0 Å². The minimum absolute atomic E-state index is 0.0747. The Morgan fingerprint density at radius 1 is 1.13 bits per heavy atom. The predicted molar refractivity (Wildman–Crippen MR) is 89.3 cm³/mol. The van der Waals surface area contributed by atoms with E-state index in [2.05, 4.69) is 23.2 Å². The van der Waals surface area contributed by atoms with E-state index < -0.39 is 0 Å². The number of hydrogen-bond donors (Lipinski definition) is 0. The van der Waals surface area contributed by atoms with Gasteiger partial charge in [0.1, 0.15) is 0 Å². The molecule has 4 rings (SSSR count). The molecule has 0 bridgehead atoms. The van der Waals surface area contributed by atoms with Crippen LogP contribution in [0.1, 0.15) is 23.2 Å². The standard InChI is InChI=1S/C19H18N2O2/c22-19-16(12-23-13-17-8-1-2-9-20-17)11-15-6-3-5-14-7-4-10-21(19)18(14)15/h1-3,5-6,8-9,11H,4,7,10,12-13H2. The highest BCUT2D eigenvalue weighted by Crippen LogP contribution is 2.24. The van der Waals surface area contributed by atoms with E-state index in [1.807, 2.05) is 28.8 Å². The normalized spacial score (nSPS) is 13.4. The second-order valence-corrected chi connectivity index (χ2v) is 5.90. The van der Waals surface area contributed by atoms with Crippen LogP contribution in [0, 0.1) is 0 Å². The first-order chi connectivity index (χ1) is 11.3. The summed E-state index contributed by atoms with van der Waals surface area (Å²) < 4.78 is 7.62. The zero-order valence-corrected chi connectivity index (χ0v) is 12.9. The molecule has 0 saturated heterocycles. The zero-order valence-electron chi connectivity index (χ0n) is 12.9. The molecule has 3 aromatic rings. The minimum atomic E-state index is 0.0747. The molecular formula is C19H18N2O2. The second kappa shape index (κ2) is 5.97. The number of para-hydroxylation sites is 1. The van der Waals surface area contributed by atoms with E-state index in [0.717, 1.165) is 36.0 Å². The lowest BCUT2D eigenvalue weighted by molar-refractivity contribution is 0.103. The molecule has 0 saturated carbocycles. The molecule has 1 aliphatic heterocycles. The van der Waals surface area contributed by atoms with Crippen molar-refractivity contribution >= 4 is 10.9 Å². The van der Waals surface area contributed by atoms with Crippen LogP contribution < -0.4 is 5.56 Å². The molecule has 1 aliphatic rings. The average Bonchev–Trinajstić information content (AvgIpc) is 2.60. The third kappa shape index (κ3) is 2.66. The highest BCUT2D eigenvalue weighted by molar-refractivity contribution is 5.83. The number of rotatable bonds is 4. The van der Waals surface area contributed by atoms with Crippen molar-refractivity contribution in [2.45, 2.75) is 32.6 Å². The van der Waals surface area contributed by atoms with Crippen LogP contribution in [0.25, 0.3) is 10.9 Å². The number of ether oxygens (including phenoxy) is 1. The summed E-state index contributed by atoms with van der Waals surface area (Å²) in [5, 5.41) is 1.12. The Hall–Kier alpha value is -2.46. The molecular weight excluding hydrogens is 288 g/mol. The lowest BCUT2D eigenvalue weighted by Crippen LogP contribution is -2.27. The van der Waals surface area contributed by atoms with Gasteiger partial charge in [-0.3, -0.25) is 9.78 Å². The quantitative estimate of drug-likeness (QED) is 0.744. The van der Waals surface area contributed by atoms with Gasteiger partial charge >= 0.3 is 0 Å². The summed E-state index contributed by atoms with van der Waals surface area (Å²) in [5.41, 5.74) is 4.03. The molecule has 0 N–H and O–H groups in total. The maximum atomic E-state index is 12.7. The van der Waals surface area contributed by atoms with Crippen LogP contribution in [-0.2, 0) is 30.9 Å². The number of pyridine rings is 2. The SMILES string of the molecule is O=c1c(COCc2ccccn2)cc2cccc3c2n1CCC3. The summed E-state index contributed by atoms with van der Waals surface area (Å²) >= 11 is 0. The van der Waals surface area contributed by atoms with Gasteiger partial charge in [-0.15, -0.1) is 0 Å². The Balaban J connectivity index is 1.63. The highest BCUT2D eigenvalue weighted by atomic mass is 16.5. The third-order valence-electron chi connectivity index (χ3n) is 4.33. The lowest BCUT2D eigenvalue weighted by atomic mass is 10.0. The molecule has 4 heteroatoms. The van der Waals surface area contributed by atoms with Gasteiger partial charge in [-0.25, -0.2) is 0 Å². The van der Waals surface area contributed by atoms with Gasteiger partial charge < -0.3 is 9.30 Å². The minimum Gasteiger partial charge on any atom is -0.370 e. The van der Waals surface area contributed by atoms with Crippen molar-refractivity contribution in [2.24, 2.45) is 0 Å². The number of aryl methyl sites for hydroxylation is 2. The first-order valence-electron chi connectivity index (χ1n) is 7.95. The van der Waals surface area contributed by atoms with Crippen molar-refractivity contribution in [1.29, 1.82) is 0 Å². The fraction of sp³-hybridized carbons (Fsp3) is 0.263. The molecule has 0 amide bonds. The Morgan fingerprint density at radius 3 is 2.96 bits per heavy atom. The summed E-state index contributed by atoms with van der Waals surface area (Å²) in [6.07, 6.45) is 3.81. The summed E-state index contributed by atoms with van der Waals surface area (Å²) in [4.78, 5) is 16.9. The molecule has 0 unspecified atom stereocenters. The van der Waals surface area contributed by atoms with Crippen molar-refractivity contribution in [3.8, 4) is 0 Å². The molecule has 0 radical (unpaired) electrons. The van der Waals surface area contributed by atoms with Crippen molar-refractivity contribution in [1.82, 2.24) is 9.55 Å². The van der Waals surface area contributed by atoms with Crippen molar-refractivity contribution in [3.05, 3.63) is 75.8 Å². The average molecular weight is 306 g/mol. The van der Waals surface area contributed by atoms with E-state index in [4.69, 9.17) is 4.74 Å². The topological polar surface area (TPSA) is 44.1 Å². The van der Waals surface area contributed by atoms with Crippen LogP contribution in [-0.4, -0.2) is 9.55 Å². The maximum absolute atomic E-state index is 12.7. The van der Waals surface area contributed by atoms with Crippen LogP contribution in [0.4, 0.5) is 0 Å². The largest absolute Gasteiger partial charge is 0.370 e. The predicted octanol–water partition coefficient (Wildman–Crippen LogP) is 3.06. The smallest absolute Gasteiger partial charge is 0.256 e. The molecule has 116 valence electrons. The van der Waals surface area contributed by atoms with Gasteiger partial charge in [-0.1, -0.05) is 24.3 Å². The maximum Gasteiger partial charge on any atom is 0.256 e. The number of benzene rings is 1. The Labute approximate surface area is 134 Å². The molecule has 0 aliphatic carbocycles. The van der Waals surface area contributed by atoms with Gasteiger partial charge in [-0.05, 0) is 42.0 Å². The molecule has 23 heavy (non-hydrogen) atoms. The van der Waals surface area contributed by atoms with E-state index in [0.29, 0.717) is 18.8 Å². The fourth-order valence-corrected chi connectivity index (χ4v) is 3.28. The van der Waals surface area contributed by atoms with Crippen LogP contribution in [0.2, 0.25) is 0 Å². The van der Waals surface area contributed by atoms with Crippen LogP contribution >= 0.6 is 0 Å². The summed E-state index contributed by atoms with van der Waals surface area (Å²) in [6, 6.07) is 14.0. The van der Waals surface area contributed by atoms with E-state index >= 15 is 0 Å². The number of hydrogen-bond acceptors (Lipinski definition) is 3. The summed E-state index contributed by atoms with van der Waals surface area (Å²) in [7, 11) is 0. The summed E-state index contributed by atoms with van der Waals surface area (Å²) in [5.74, 6) is 0. The molecule has 1 aromatic carbocycles. The van der Waals surface area contributed by atoms with Crippen molar-refractivity contribution < 1.29 is 4.74 Å². The zero-order chi connectivity index (χ0) is 15.6. The van der Waals surface area contributed by atoms with Crippen LogP contribution in [0.5, 0.6) is 0 Å². The van der Waals surface area contributed by atoms with Gasteiger partial charge in [0.15, 0.2) is 0 Å². The van der Waals surface area contributed by atoms with Crippen LogP contribution in [0.15, 0.2) is 53.5 Å². The molecule has 4 nitrogen and oxygen atoms in total. The van der Waals surface area contributed by atoms with E-state index in [1.165, 1.54) is 5.56 Å². The monoisotopic (exact) mass is 306 g/mol. The molecule has 0 atom stereocenters. The first-order valence-corrected chi connectivity index (χ1v) is 7.95. The second-order valence-electron chi connectivity index (χ2n) is 5.90. The third-order valence-corrected chi connectivity index (χ3v) is 4.33. The summed E-state index contributed by atoms with van der Waals surface area (Å²) in [6.45, 7) is 1.52. The molecule has 0 fully saturated rings. The van der Waals surface area contributed by atoms with Crippen LogP contribution in [0.3, 0.4) is 0 Å². The van der Waals surface area contributed by atoms with Gasteiger partial charge in [0, 0.05) is 18.3 Å². The Bertz CT molecular complexity index is 900. The first kappa shape index (κ1) is 14.2. The van der Waals surface area contributed by atoms with Crippen molar-refractivity contribution in [3.63, 3.8) is 0 Å². The highest BCUT2D eigenvalue weighted by Gasteiger charge is 2.16. The van der Waals surface area contributed by atoms with Gasteiger partial charge in [0.05, 0.1) is 24.4 Å². The Morgan fingerprint density at radius 2 is 2.09 bits per heavy atom.